The van der Waals surface area contributed by atoms with Crippen molar-refractivity contribution in [1.82, 2.24) is 0 Å². The van der Waals surface area contributed by atoms with Crippen LogP contribution >= 0.6 is 0 Å². The van der Waals surface area contributed by atoms with Crippen LogP contribution in [0.1, 0.15) is 44.9 Å². The van der Waals surface area contributed by atoms with E-state index in [1.165, 1.54) is 6.42 Å². The van der Waals surface area contributed by atoms with Gasteiger partial charge in [0.15, 0.2) is 0 Å². The van der Waals surface area contributed by atoms with Gasteiger partial charge in [0.05, 0.1) is 11.5 Å². The van der Waals surface area contributed by atoms with Crippen molar-refractivity contribution in [2.24, 2.45) is 17.3 Å². The number of hydrogen-bond acceptors (Lipinski definition) is 2. The third-order valence-electron chi connectivity index (χ3n) is 5.02. The maximum atomic E-state index is 11.6. The summed E-state index contributed by atoms with van der Waals surface area (Å²) < 4.78 is 5.63. The minimum atomic E-state index is -0.560. The first kappa shape index (κ1) is 10.6. The fraction of sp³-hybridized carbons (Fsp3) is 0.923. The number of aliphatic carboxylic acids is 1. The van der Waals surface area contributed by atoms with Crippen LogP contribution in [0.15, 0.2) is 0 Å². The van der Waals surface area contributed by atoms with Gasteiger partial charge in [0.25, 0.3) is 0 Å². The van der Waals surface area contributed by atoms with Crippen LogP contribution in [0.4, 0.5) is 0 Å². The monoisotopic (exact) mass is 224 g/mol. The molecule has 4 unspecified atom stereocenters. The molecule has 0 amide bonds. The third-order valence-corrected chi connectivity index (χ3v) is 5.02. The van der Waals surface area contributed by atoms with Crippen molar-refractivity contribution >= 4 is 5.97 Å². The highest BCUT2D eigenvalue weighted by Gasteiger charge is 2.56. The fourth-order valence-corrected chi connectivity index (χ4v) is 4.25. The normalized spacial score (nSPS) is 46.4. The van der Waals surface area contributed by atoms with E-state index < -0.39 is 11.4 Å². The molecule has 1 saturated heterocycles. The molecular weight excluding hydrogens is 204 g/mol. The van der Waals surface area contributed by atoms with Crippen molar-refractivity contribution in [3.05, 3.63) is 0 Å². The molecule has 0 aromatic rings. The third kappa shape index (κ3) is 1.48. The molecular formula is C13H20O3. The molecule has 2 bridgehead atoms. The second kappa shape index (κ2) is 3.73. The number of rotatable bonds is 3. The summed E-state index contributed by atoms with van der Waals surface area (Å²) in [5.74, 6) is 0.553. The Morgan fingerprint density at radius 1 is 1.38 bits per heavy atom. The lowest BCUT2D eigenvalue weighted by Crippen LogP contribution is -2.39. The molecule has 1 aliphatic heterocycles. The lowest BCUT2D eigenvalue weighted by molar-refractivity contribution is -0.155. The maximum Gasteiger partial charge on any atom is 0.310 e. The standard InChI is InChI=1S/C13H20O3/c14-12(15)13(8-11-2-1-5-16-11)7-9-3-4-10(13)6-9/h9-11H,1-8H2,(H,14,15). The van der Waals surface area contributed by atoms with E-state index >= 15 is 0 Å². The molecule has 0 spiro atoms. The zero-order valence-electron chi connectivity index (χ0n) is 9.65. The first-order valence-electron chi connectivity index (χ1n) is 6.56. The number of carbonyl (C=O) groups is 1. The Bertz CT molecular complexity index is 296. The molecule has 3 aliphatic rings. The Hall–Kier alpha value is -0.570. The SMILES string of the molecule is O=C(O)C1(CC2CCCO2)CC2CCC1C2. The van der Waals surface area contributed by atoms with Gasteiger partial charge in [-0.2, -0.15) is 0 Å². The van der Waals surface area contributed by atoms with Gasteiger partial charge < -0.3 is 9.84 Å². The molecule has 0 aromatic carbocycles. The topological polar surface area (TPSA) is 46.5 Å². The molecule has 3 fully saturated rings. The van der Waals surface area contributed by atoms with Gasteiger partial charge in [-0.15, -0.1) is 0 Å². The van der Waals surface area contributed by atoms with E-state index in [0.717, 1.165) is 45.1 Å². The zero-order valence-corrected chi connectivity index (χ0v) is 9.65. The maximum absolute atomic E-state index is 11.6. The van der Waals surface area contributed by atoms with Crippen molar-refractivity contribution in [2.45, 2.75) is 51.0 Å². The van der Waals surface area contributed by atoms with Crippen LogP contribution in [0.5, 0.6) is 0 Å². The molecule has 4 atom stereocenters. The number of ether oxygens (including phenoxy) is 1. The number of carboxylic acids is 1. The Morgan fingerprint density at radius 3 is 2.75 bits per heavy atom. The number of fused-ring (bicyclic) bond motifs is 2. The number of hydrogen-bond donors (Lipinski definition) is 1. The molecule has 1 heterocycles. The summed E-state index contributed by atoms with van der Waals surface area (Å²) in [5, 5.41) is 9.59. The molecule has 90 valence electrons. The summed E-state index contributed by atoms with van der Waals surface area (Å²) in [4.78, 5) is 11.6. The predicted molar refractivity (Wildman–Crippen MR) is 59.1 cm³/mol. The highest BCUT2D eigenvalue weighted by atomic mass is 16.5. The Kier molecular flexibility index (Phi) is 2.46. The smallest absolute Gasteiger partial charge is 0.310 e. The predicted octanol–water partition coefficient (Wildman–Crippen LogP) is 2.45. The molecule has 2 aliphatic carbocycles. The van der Waals surface area contributed by atoms with Gasteiger partial charge in [-0.1, -0.05) is 6.42 Å². The van der Waals surface area contributed by atoms with E-state index in [1.54, 1.807) is 0 Å². The molecule has 0 radical (unpaired) electrons. The summed E-state index contributed by atoms with van der Waals surface area (Å²) in [6.45, 7) is 0.828. The van der Waals surface area contributed by atoms with Gasteiger partial charge in [0, 0.05) is 6.61 Å². The van der Waals surface area contributed by atoms with Crippen molar-refractivity contribution in [3.63, 3.8) is 0 Å². The first-order chi connectivity index (χ1) is 7.71. The van der Waals surface area contributed by atoms with E-state index in [9.17, 15) is 9.90 Å². The fourth-order valence-electron chi connectivity index (χ4n) is 4.25. The molecule has 1 N–H and O–H groups in total. The molecule has 3 rings (SSSR count). The van der Waals surface area contributed by atoms with E-state index in [0.29, 0.717) is 11.8 Å². The van der Waals surface area contributed by atoms with Crippen molar-refractivity contribution < 1.29 is 14.6 Å². The van der Waals surface area contributed by atoms with Gasteiger partial charge in [0.1, 0.15) is 0 Å². The lowest BCUT2D eigenvalue weighted by atomic mass is 9.69. The largest absolute Gasteiger partial charge is 0.481 e. The molecule has 3 nitrogen and oxygen atoms in total. The molecule has 2 saturated carbocycles. The molecule has 16 heavy (non-hydrogen) atoms. The van der Waals surface area contributed by atoms with Crippen LogP contribution in [0.25, 0.3) is 0 Å². The second-order valence-corrected chi connectivity index (χ2v) is 5.88. The van der Waals surface area contributed by atoms with E-state index in [1.807, 2.05) is 0 Å². The van der Waals surface area contributed by atoms with Crippen LogP contribution in [0, 0.1) is 17.3 Å². The van der Waals surface area contributed by atoms with E-state index in [4.69, 9.17) is 4.74 Å². The Balaban J connectivity index is 1.78. The van der Waals surface area contributed by atoms with Gasteiger partial charge in [-0.25, -0.2) is 0 Å². The van der Waals surface area contributed by atoms with Gasteiger partial charge >= 0.3 is 5.97 Å². The van der Waals surface area contributed by atoms with E-state index in [-0.39, 0.29) is 6.10 Å². The Labute approximate surface area is 96.2 Å². The zero-order chi connectivity index (χ0) is 11.2. The second-order valence-electron chi connectivity index (χ2n) is 5.88. The quantitative estimate of drug-likeness (QED) is 0.801. The van der Waals surface area contributed by atoms with Crippen LogP contribution in [-0.4, -0.2) is 23.8 Å². The van der Waals surface area contributed by atoms with Crippen molar-refractivity contribution in [3.8, 4) is 0 Å². The van der Waals surface area contributed by atoms with Crippen molar-refractivity contribution in [2.75, 3.05) is 6.61 Å². The highest BCUT2D eigenvalue weighted by Crippen LogP contribution is 2.58. The van der Waals surface area contributed by atoms with Gasteiger partial charge in [0.2, 0.25) is 0 Å². The minimum Gasteiger partial charge on any atom is -0.481 e. The molecule has 3 heteroatoms. The molecule has 0 aromatic heterocycles. The van der Waals surface area contributed by atoms with E-state index in [2.05, 4.69) is 0 Å². The minimum absolute atomic E-state index is 0.218. The summed E-state index contributed by atoms with van der Waals surface area (Å²) in [6, 6.07) is 0. The summed E-state index contributed by atoms with van der Waals surface area (Å²) in [5.41, 5.74) is -0.433. The van der Waals surface area contributed by atoms with Gasteiger partial charge in [-0.3, -0.25) is 4.79 Å². The Morgan fingerprint density at radius 2 is 2.25 bits per heavy atom. The van der Waals surface area contributed by atoms with Crippen LogP contribution in [0.3, 0.4) is 0 Å². The van der Waals surface area contributed by atoms with Gasteiger partial charge in [-0.05, 0) is 50.4 Å². The summed E-state index contributed by atoms with van der Waals surface area (Å²) in [6.07, 6.45) is 7.60. The average molecular weight is 224 g/mol. The van der Waals surface area contributed by atoms with Crippen molar-refractivity contribution in [1.29, 1.82) is 0 Å². The number of carboxylic acid groups (broad SMARTS) is 1. The van der Waals surface area contributed by atoms with Crippen LogP contribution < -0.4 is 0 Å². The summed E-state index contributed by atoms with van der Waals surface area (Å²) >= 11 is 0. The average Bonchev–Trinajstić information content (AvgIpc) is 2.92. The highest BCUT2D eigenvalue weighted by molar-refractivity contribution is 5.76. The first-order valence-corrected chi connectivity index (χ1v) is 6.56. The van der Waals surface area contributed by atoms with Crippen LogP contribution in [-0.2, 0) is 9.53 Å². The summed E-state index contributed by atoms with van der Waals surface area (Å²) in [7, 11) is 0. The lowest BCUT2D eigenvalue weighted by Gasteiger charge is -2.35. The van der Waals surface area contributed by atoms with Crippen LogP contribution in [0.2, 0.25) is 0 Å².